The summed E-state index contributed by atoms with van der Waals surface area (Å²) in [5.74, 6) is 0. The predicted molar refractivity (Wildman–Crippen MR) is 113 cm³/mol. The number of pyridine rings is 2. The van der Waals surface area contributed by atoms with Gasteiger partial charge in [-0.3, -0.25) is 0 Å². The molecule has 0 aliphatic rings. The van der Waals surface area contributed by atoms with E-state index in [9.17, 15) is 0 Å². The van der Waals surface area contributed by atoms with E-state index in [1.807, 2.05) is 0 Å². The van der Waals surface area contributed by atoms with E-state index in [1.165, 1.54) is 44.2 Å². The Morgan fingerprint density at radius 1 is 0.556 bits per heavy atom. The molecule has 0 fully saturated rings. The Morgan fingerprint density at radius 3 is 1.85 bits per heavy atom. The Hall–Kier alpha value is -3.45. The predicted octanol–water partition coefficient (Wildman–Crippen LogP) is 6.22. The molecule has 0 aliphatic heterocycles. The van der Waals surface area contributed by atoms with Gasteiger partial charge >= 0.3 is 0 Å². The van der Waals surface area contributed by atoms with Crippen molar-refractivity contribution in [3.63, 3.8) is 0 Å². The third-order valence-electron chi connectivity index (χ3n) is 5.16. The third kappa shape index (κ3) is 2.60. The Bertz CT molecular complexity index is 1260. The lowest BCUT2D eigenvalue weighted by Gasteiger charge is -2.12. The lowest BCUT2D eigenvalue weighted by molar-refractivity contribution is -0.498. The highest BCUT2D eigenvalue weighted by Crippen LogP contribution is 2.37. The molecule has 5 aromatic rings. The number of fused-ring (bicyclic) bond motifs is 3. The van der Waals surface area contributed by atoms with Crippen LogP contribution in [-0.4, -0.2) is 0 Å². The number of benzene rings is 3. The quantitative estimate of drug-likeness (QED) is 0.264. The Kier molecular flexibility index (Phi) is 3.72. The van der Waals surface area contributed by atoms with Gasteiger partial charge in [0.05, 0.1) is 10.9 Å². The fourth-order valence-electron chi connectivity index (χ4n) is 3.96. The van der Waals surface area contributed by atoms with Crippen molar-refractivity contribution < 1.29 is 4.40 Å². The summed E-state index contributed by atoms with van der Waals surface area (Å²) < 4.78 is 2.36. The van der Waals surface area contributed by atoms with Crippen LogP contribution in [0.25, 0.3) is 38.7 Å². The summed E-state index contributed by atoms with van der Waals surface area (Å²) in [6, 6.07) is 34.6. The van der Waals surface area contributed by atoms with Crippen LogP contribution in [0.4, 0.5) is 0 Å². The topological polar surface area (TPSA) is 4.10 Å². The lowest BCUT2D eigenvalue weighted by atomic mass is 9.92. The molecule has 2 heterocycles. The summed E-state index contributed by atoms with van der Waals surface area (Å²) >= 11 is 0. The van der Waals surface area contributed by atoms with Gasteiger partial charge in [0.1, 0.15) is 0 Å². The lowest BCUT2D eigenvalue weighted by Crippen LogP contribution is -2.26. The van der Waals surface area contributed by atoms with E-state index in [4.69, 9.17) is 0 Å². The van der Waals surface area contributed by atoms with E-state index in [2.05, 4.69) is 115 Å². The molecule has 0 radical (unpaired) electrons. The van der Waals surface area contributed by atoms with E-state index in [0.717, 1.165) is 0 Å². The van der Waals surface area contributed by atoms with Crippen LogP contribution in [0.3, 0.4) is 0 Å². The molecule has 128 valence electrons. The van der Waals surface area contributed by atoms with Crippen molar-refractivity contribution in [1.82, 2.24) is 0 Å². The van der Waals surface area contributed by atoms with Crippen LogP contribution >= 0.6 is 0 Å². The van der Waals surface area contributed by atoms with E-state index in [0.29, 0.717) is 0 Å². The zero-order valence-electron chi connectivity index (χ0n) is 15.3. The second-order valence-corrected chi connectivity index (χ2v) is 6.96. The molecule has 1 heteroatoms. The molecule has 1 nitrogen and oxygen atoms in total. The van der Waals surface area contributed by atoms with Crippen molar-refractivity contribution >= 4 is 16.3 Å². The molecule has 0 bridgehead atoms. The molecule has 0 aliphatic carbocycles. The van der Waals surface area contributed by atoms with Gasteiger partial charge < -0.3 is 0 Å². The molecule has 0 saturated heterocycles. The minimum absolute atomic E-state index is 1.22. The van der Waals surface area contributed by atoms with Crippen LogP contribution in [0, 0.1) is 6.92 Å². The first-order valence-electron chi connectivity index (χ1n) is 9.30. The average Bonchev–Trinajstić information content (AvgIpc) is 2.74. The highest BCUT2D eigenvalue weighted by molar-refractivity contribution is 6.06. The molecule has 0 unspecified atom stereocenters. The molecule has 0 saturated carbocycles. The van der Waals surface area contributed by atoms with Gasteiger partial charge in [-0.2, -0.15) is 4.40 Å². The minimum atomic E-state index is 1.22. The second-order valence-electron chi connectivity index (χ2n) is 6.96. The van der Waals surface area contributed by atoms with Crippen LogP contribution in [-0.2, 0) is 0 Å². The summed E-state index contributed by atoms with van der Waals surface area (Å²) in [5, 5.41) is 2.56. The molecule has 2 aromatic heterocycles. The van der Waals surface area contributed by atoms with Crippen LogP contribution in [0.15, 0.2) is 103 Å². The molecular formula is C26H20N+. The first kappa shape index (κ1) is 15.8. The van der Waals surface area contributed by atoms with Gasteiger partial charge in [0.15, 0.2) is 6.20 Å². The first-order chi connectivity index (χ1) is 13.3. The van der Waals surface area contributed by atoms with Crippen LogP contribution in [0.2, 0.25) is 0 Å². The normalized spacial score (nSPS) is 11.1. The maximum Gasteiger partial charge on any atom is 0.226 e. The van der Waals surface area contributed by atoms with Crippen molar-refractivity contribution in [2.24, 2.45) is 0 Å². The van der Waals surface area contributed by atoms with Gasteiger partial charge in [0.2, 0.25) is 11.2 Å². The van der Waals surface area contributed by atoms with Crippen LogP contribution in [0.5, 0.6) is 0 Å². The first-order valence-corrected chi connectivity index (χ1v) is 9.30. The molecule has 0 amide bonds. The summed E-state index contributed by atoms with van der Waals surface area (Å²) in [5.41, 5.74) is 7.46. The van der Waals surface area contributed by atoms with Gasteiger partial charge in [-0.15, -0.1) is 0 Å². The van der Waals surface area contributed by atoms with E-state index in [1.54, 1.807) is 0 Å². The van der Waals surface area contributed by atoms with Crippen LogP contribution in [0.1, 0.15) is 5.56 Å². The number of hydrogen-bond acceptors (Lipinski definition) is 0. The zero-order valence-corrected chi connectivity index (χ0v) is 15.3. The fourth-order valence-corrected chi connectivity index (χ4v) is 3.96. The van der Waals surface area contributed by atoms with Gasteiger partial charge in [0.25, 0.3) is 0 Å². The van der Waals surface area contributed by atoms with E-state index >= 15 is 0 Å². The SMILES string of the molecule is Cc1ccc2c3ccccc3c(-c3ccccc3)c(-c3ccccc3)[n+]2c1. The standard InChI is InChI=1S/C26H20N/c1-19-16-17-24-22-14-8-9-15-23(22)25(20-10-4-2-5-11-20)26(27(24)18-19)21-12-6-3-7-13-21/h2-18H,1H3/q+1. The monoisotopic (exact) mass is 346 g/mol. The van der Waals surface area contributed by atoms with E-state index < -0.39 is 0 Å². The smallest absolute Gasteiger partial charge is 0.159 e. The number of aromatic nitrogens is 1. The van der Waals surface area contributed by atoms with Gasteiger partial charge in [0, 0.05) is 22.6 Å². The molecule has 27 heavy (non-hydrogen) atoms. The third-order valence-corrected chi connectivity index (χ3v) is 5.16. The summed E-state index contributed by atoms with van der Waals surface area (Å²) in [7, 11) is 0. The molecule has 0 atom stereocenters. The maximum absolute atomic E-state index is 2.36. The van der Waals surface area contributed by atoms with Gasteiger partial charge in [-0.1, -0.05) is 66.7 Å². The summed E-state index contributed by atoms with van der Waals surface area (Å²) in [4.78, 5) is 0. The molecule has 3 aromatic carbocycles. The number of nitrogens with zero attached hydrogens (tertiary/aromatic N) is 1. The largest absolute Gasteiger partial charge is 0.226 e. The van der Waals surface area contributed by atoms with Crippen molar-refractivity contribution in [2.75, 3.05) is 0 Å². The van der Waals surface area contributed by atoms with Crippen molar-refractivity contribution in [1.29, 1.82) is 0 Å². The van der Waals surface area contributed by atoms with Crippen molar-refractivity contribution in [3.05, 3.63) is 109 Å². The zero-order chi connectivity index (χ0) is 18.2. The molecule has 0 spiro atoms. The van der Waals surface area contributed by atoms with Gasteiger partial charge in [-0.05, 0) is 36.8 Å². The molecule has 0 N–H and O–H groups in total. The van der Waals surface area contributed by atoms with Gasteiger partial charge in [-0.25, -0.2) is 0 Å². The molecule has 5 rings (SSSR count). The van der Waals surface area contributed by atoms with Crippen LogP contribution < -0.4 is 4.40 Å². The number of aryl methyl sites for hydroxylation is 1. The molecular weight excluding hydrogens is 326 g/mol. The van der Waals surface area contributed by atoms with Crippen molar-refractivity contribution in [2.45, 2.75) is 6.92 Å². The van der Waals surface area contributed by atoms with Crippen molar-refractivity contribution in [3.8, 4) is 22.4 Å². The Balaban J connectivity index is 2.07. The van der Waals surface area contributed by atoms with E-state index in [-0.39, 0.29) is 0 Å². The Labute approximate surface area is 159 Å². The summed E-state index contributed by atoms with van der Waals surface area (Å²) in [6.07, 6.45) is 2.25. The minimum Gasteiger partial charge on any atom is -0.159 e. The Morgan fingerprint density at radius 2 is 1.15 bits per heavy atom. The highest BCUT2D eigenvalue weighted by atomic mass is 14.9. The summed E-state index contributed by atoms with van der Waals surface area (Å²) in [6.45, 7) is 2.15. The average molecular weight is 346 g/mol. The highest BCUT2D eigenvalue weighted by Gasteiger charge is 2.24. The number of rotatable bonds is 2. The maximum atomic E-state index is 2.36. The fraction of sp³-hybridized carbons (Fsp3) is 0.0385. The number of hydrogen-bond donors (Lipinski definition) is 0. The second kappa shape index (κ2) is 6.37.